The third-order valence-electron chi connectivity index (χ3n) is 3.24. The molecule has 1 saturated carbocycles. The number of non-ortho nitro benzene ring substituents is 1. The van der Waals surface area contributed by atoms with Crippen molar-refractivity contribution in [2.75, 3.05) is 5.32 Å². The van der Waals surface area contributed by atoms with Gasteiger partial charge < -0.3 is 11.1 Å². The molecule has 6 heteroatoms. The van der Waals surface area contributed by atoms with E-state index >= 15 is 0 Å². The minimum atomic E-state index is -0.385. The molecule has 5 nitrogen and oxygen atoms in total. The van der Waals surface area contributed by atoms with E-state index in [1.165, 1.54) is 6.07 Å². The van der Waals surface area contributed by atoms with Crippen LogP contribution in [0, 0.1) is 10.1 Å². The first-order valence-electron chi connectivity index (χ1n) is 6.02. The summed E-state index contributed by atoms with van der Waals surface area (Å²) in [4.78, 5) is 10.4. The molecule has 0 amide bonds. The lowest BCUT2D eigenvalue weighted by atomic mass is 9.91. The van der Waals surface area contributed by atoms with Crippen LogP contribution in [0.5, 0.6) is 0 Å². The lowest BCUT2D eigenvalue weighted by Crippen LogP contribution is -2.34. The van der Waals surface area contributed by atoms with Crippen LogP contribution in [0.1, 0.15) is 25.7 Å². The summed E-state index contributed by atoms with van der Waals surface area (Å²) < 4.78 is 0.840. The maximum Gasteiger partial charge on any atom is 0.271 e. The Morgan fingerprint density at radius 2 is 2.22 bits per heavy atom. The van der Waals surface area contributed by atoms with Crippen molar-refractivity contribution in [1.82, 2.24) is 0 Å². The van der Waals surface area contributed by atoms with Gasteiger partial charge in [-0.05, 0) is 47.7 Å². The molecule has 3 N–H and O–H groups in total. The Balaban J connectivity index is 2.12. The molecule has 1 aliphatic carbocycles. The van der Waals surface area contributed by atoms with Crippen LogP contribution in [-0.2, 0) is 0 Å². The highest BCUT2D eigenvalue weighted by atomic mass is 79.9. The van der Waals surface area contributed by atoms with Gasteiger partial charge in [0.05, 0.1) is 10.6 Å². The van der Waals surface area contributed by atoms with E-state index in [0.29, 0.717) is 6.04 Å². The lowest BCUT2D eigenvalue weighted by Gasteiger charge is -2.28. The smallest absolute Gasteiger partial charge is 0.271 e. The van der Waals surface area contributed by atoms with Gasteiger partial charge in [-0.3, -0.25) is 10.1 Å². The van der Waals surface area contributed by atoms with Gasteiger partial charge in [-0.15, -0.1) is 0 Å². The number of halogens is 1. The molecule has 0 heterocycles. The standard InChI is InChI=1S/C12H16BrN3O2/c13-11-5-4-10(16(17)18)7-12(11)15-9-3-1-2-8(14)6-9/h4-5,7-9,15H,1-3,6,14H2. The largest absolute Gasteiger partial charge is 0.381 e. The highest BCUT2D eigenvalue weighted by Crippen LogP contribution is 2.30. The average molecular weight is 314 g/mol. The van der Waals surface area contributed by atoms with Gasteiger partial charge in [-0.2, -0.15) is 0 Å². The molecule has 1 aromatic carbocycles. The molecule has 0 aliphatic heterocycles. The van der Waals surface area contributed by atoms with Crippen LogP contribution < -0.4 is 11.1 Å². The van der Waals surface area contributed by atoms with Gasteiger partial charge in [-0.1, -0.05) is 0 Å². The monoisotopic (exact) mass is 313 g/mol. The molecule has 1 fully saturated rings. The van der Waals surface area contributed by atoms with Crippen molar-refractivity contribution in [3.05, 3.63) is 32.8 Å². The van der Waals surface area contributed by atoms with Crippen molar-refractivity contribution in [2.45, 2.75) is 37.8 Å². The second kappa shape index (κ2) is 5.67. The van der Waals surface area contributed by atoms with Gasteiger partial charge in [0, 0.05) is 28.7 Å². The molecule has 2 rings (SSSR count). The molecule has 1 aliphatic rings. The summed E-state index contributed by atoms with van der Waals surface area (Å²) in [7, 11) is 0. The van der Waals surface area contributed by atoms with Gasteiger partial charge in [0.15, 0.2) is 0 Å². The molecular weight excluding hydrogens is 298 g/mol. The predicted octanol–water partition coefficient (Wildman–Crippen LogP) is 3.04. The molecule has 0 saturated heterocycles. The average Bonchev–Trinajstić information content (AvgIpc) is 2.31. The number of nitrogens with zero attached hydrogens (tertiary/aromatic N) is 1. The molecule has 0 radical (unpaired) electrons. The van der Waals surface area contributed by atoms with Crippen molar-refractivity contribution in [1.29, 1.82) is 0 Å². The number of hydrogen-bond acceptors (Lipinski definition) is 4. The van der Waals surface area contributed by atoms with Gasteiger partial charge in [-0.25, -0.2) is 0 Å². The quantitative estimate of drug-likeness (QED) is 0.664. The van der Waals surface area contributed by atoms with E-state index in [-0.39, 0.29) is 16.7 Å². The number of nitrogens with two attached hydrogens (primary N) is 1. The number of benzene rings is 1. The van der Waals surface area contributed by atoms with E-state index in [9.17, 15) is 10.1 Å². The summed E-state index contributed by atoms with van der Waals surface area (Å²) in [6, 6.07) is 5.27. The summed E-state index contributed by atoms with van der Waals surface area (Å²) in [5.41, 5.74) is 6.80. The van der Waals surface area contributed by atoms with E-state index in [2.05, 4.69) is 21.2 Å². The fourth-order valence-electron chi connectivity index (χ4n) is 2.32. The molecule has 0 aromatic heterocycles. The van der Waals surface area contributed by atoms with E-state index in [1.54, 1.807) is 12.1 Å². The Kier molecular flexibility index (Phi) is 4.19. The zero-order valence-corrected chi connectivity index (χ0v) is 11.5. The Bertz CT molecular complexity index is 453. The Labute approximate surface area is 114 Å². The number of nitro benzene ring substituents is 1. The topological polar surface area (TPSA) is 81.2 Å². The molecule has 2 atom stereocenters. The molecule has 1 aromatic rings. The lowest BCUT2D eigenvalue weighted by molar-refractivity contribution is -0.384. The van der Waals surface area contributed by atoms with E-state index in [4.69, 9.17) is 5.73 Å². The fraction of sp³-hybridized carbons (Fsp3) is 0.500. The first-order chi connectivity index (χ1) is 8.56. The Morgan fingerprint density at radius 3 is 2.89 bits per heavy atom. The van der Waals surface area contributed by atoms with Crippen molar-refractivity contribution in [3.8, 4) is 0 Å². The molecule has 0 bridgehead atoms. The number of hydrogen-bond donors (Lipinski definition) is 2. The number of nitrogens with one attached hydrogen (secondary N) is 1. The van der Waals surface area contributed by atoms with Crippen molar-refractivity contribution in [3.63, 3.8) is 0 Å². The molecule has 2 unspecified atom stereocenters. The fourth-order valence-corrected chi connectivity index (χ4v) is 2.68. The van der Waals surface area contributed by atoms with Crippen LogP contribution in [0.3, 0.4) is 0 Å². The summed E-state index contributed by atoms with van der Waals surface area (Å²) in [5.74, 6) is 0. The van der Waals surface area contributed by atoms with Gasteiger partial charge in [0.25, 0.3) is 5.69 Å². The van der Waals surface area contributed by atoms with E-state index in [0.717, 1.165) is 35.8 Å². The first-order valence-corrected chi connectivity index (χ1v) is 6.81. The Morgan fingerprint density at radius 1 is 1.44 bits per heavy atom. The van der Waals surface area contributed by atoms with Crippen LogP contribution in [-0.4, -0.2) is 17.0 Å². The molecular formula is C12H16BrN3O2. The molecule has 98 valence electrons. The first kappa shape index (κ1) is 13.3. The Hall–Kier alpha value is -1.14. The summed E-state index contributed by atoms with van der Waals surface area (Å²) in [5, 5.41) is 14.1. The predicted molar refractivity (Wildman–Crippen MR) is 74.7 cm³/mol. The highest BCUT2D eigenvalue weighted by molar-refractivity contribution is 9.10. The zero-order chi connectivity index (χ0) is 13.1. The second-order valence-corrected chi connectivity index (χ2v) is 5.54. The van der Waals surface area contributed by atoms with Crippen molar-refractivity contribution < 1.29 is 4.92 Å². The summed E-state index contributed by atoms with van der Waals surface area (Å²) >= 11 is 3.41. The van der Waals surface area contributed by atoms with Crippen LogP contribution in [0.2, 0.25) is 0 Å². The van der Waals surface area contributed by atoms with Crippen LogP contribution >= 0.6 is 15.9 Å². The highest BCUT2D eigenvalue weighted by Gasteiger charge is 2.20. The third-order valence-corrected chi connectivity index (χ3v) is 3.93. The van der Waals surface area contributed by atoms with E-state index in [1.807, 2.05) is 0 Å². The van der Waals surface area contributed by atoms with Crippen LogP contribution in [0.15, 0.2) is 22.7 Å². The van der Waals surface area contributed by atoms with Crippen LogP contribution in [0.4, 0.5) is 11.4 Å². The number of nitro groups is 1. The van der Waals surface area contributed by atoms with E-state index < -0.39 is 0 Å². The van der Waals surface area contributed by atoms with Crippen molar-refractivity contribution in [2.24, 2.45) is 5.73 Å². The van der Waals surface area contributed by atoms with Crippen LogP contribution in [0.25, 0.3) is 0 Å². The SMILES string of the molecule is NC1CCCC(Nc2cc([N+](=O)[O-])ccc2Br)C1. The summed E-state index contributed by atoms with van der Waals surface area (Å²) in [6.07, 6.45) is 4.14. The van der Waals surface area contributed by atoms with Crippen molar-refractivity contribution >= 4 is 27.3 Å². The maximum atomic E-state index is 10.8. The zero-order valence-electron chi connectivity index (χ0n) is 9.93. The maximum absolute atomic E-state index is 10.8. The normalized spacial score (nSPS) is 23.7. The molecule has 18 heavy (non-hydrogen) atoms. The minimum Gasteiger partial charge on any atom is -0.381 e. The number of anilines is 1. The minimum absolute atomic E-state index is 0.0980. The third kappa shape index (κ3) is 3.20. The van der Waals surface area contributed by atoms with Gasteiger partial charge >= 0.3 is 0 Å². The number of rotatable bonds is 3. The van der Waals surface area contributed by atoms with Gasteiger partial charge in [0.2, 0.25) is 0 Å². The van der Waals surface area contributed by atoms with Gasteiger partial charge in [0.1, 0.15) is 0 Å². The molecule has 0 spiro atoms. The second-order valence-electron chi connectivity index (χ2n) is 4.69. The summed E-state index contributed by atoms with van der Waals surface area (Å²) in [6.45, 7) is 0.